The van der Waals surface area contributed by atoms with E-state index in [4.69, 9.17) is 16.9 Å². The number of carbonyl (C=O) groups excluding carboxylic acids is 1. The highest BCUT2D eigenvalue weighted by Gasteiger charge is 2.17. The highest BCUT2D eigenvalue weighted by atomic mass is 35.5. The predicted octanol–water partition coefficient (Wildman–Crippen LogP) is 3.02. The minimum absolute atomic E-state index is 0.0149. The molecule has 136 valence electrons. The van der Waals surface area contributed by atoms with Gasteiger partial charge in [0.15, 0.2) is 0 Å². The molecule has 0 aliphatic rings. The van der Waals surface area contributed by atoms with Crippen molar-refractivity contribution < 1.29 is 13.2 Å². The minimum atomic E-state index is -3.77. The second-order valence-electron chi connectivity index (χ2n) is 5.58. The molecule has 0 fully saturated rings. The van der Waals surface area contributed by atoms with E-state index in [0.717, 1.165) is 5.56 Å². The van der Waals surface area contributed by atoms with Crippen LogP contribution in [0.2, 0.25) is 5.02 Å². The van der Waals surface area contributed by atoms with Gasteiger partial charge in [-0.1, -0.05) is 29.8 Å². The Labute approximate surface area is 157 Å². The van der Waals surface area contributed by atoms with E-state index in [-0.39, 0.29) is 29.5 Å². The fourth-order valence-corrected chi connectivity index (χ4v) is 3.54. The third kappa shape index (κ3) is 5.30. The van der Waals surface area contributed by atoms with Gasteiger partial charge in [0, 0.05) is 23.6 Å². The van der Waals surface area contributed by atoms with Crippen molar-refractivity contribution in [2.75, 3.05) is 6.54 Å². The zero-order chi connectivity index (χ0) is 19.2. The van der Waals surface area contributed by atoms with E-state index in [9.17, 15) is 13.2 Å². The van der Waals surface area contributed by atoms with Gasteiger partial charge >= 0.3 is 0 Å². The zero-order valence-corrected chi connectivity index (χ0v) is 15.6. The van der Waals surface area contributed by atoms with Crippen molar-refractivity contribution in [3.63, 3.8) is 0 Å². The van der Waals surface area contributed by atoms with Crippen molar-refractivity contribution in [3.8, 4) is 6.07 Å². The SMILES string of the molecule is CC(NC(=O)c1cccc(S(=O)(=O)NCCC#N)c1)c1cccc(Cl)c1. The van der Waals surface area contributed by atoms with Gasteiger partial charge in [0.05, 0.1) is 17.0 Å². The van der Waals surface area contributed by atoms with E-state index < -0.39 is 15.9 Å². The monoisotopic (exact) mass is 391 g/mol. The van der Waals surface area contributed by atoms with E-state index in [2.05, 4.69) is 10.0 Å². The standard InChI is InChI=1S/C18H18ClN3O3S/c1-13(14-5-2-7-16(19)11-14)22-18(23)15-6-3-8-17(12-15)26(24,25)21-10-4-9-20/h2-3,5-8,11-13,21H,4,10H2,1H3,(H,22,23). The van der Waals surface area contributed by atoms with Crippen LogP contribution in [0.15, 0.2) is 53.4 Å². The Balaban J connectivity index is 2.14. The van der Waals surface area contributed by atoms with Crippen molar-refractivity contribution in [2.45, 2.75) is 24.3 Å². The van der Waals surface area contributed by atoms with E-state index in [0.29, 0.717) is 5.02 Å². The molecule has 0 heterocycles. The van der Waals surface area contributed by atoms with Crippen LogP contribution in [-0.4, -0.2) is 20.9 Å². The summed E-state index contributed by atoms with van der Waals surface area (Å²) < 4.78 is 26.7. The Kier molecular flexibility index (Phi) is 6.75. The second-order valence-corrected chi connectivity index (χ2v) is 7.79. The van der Waals surface area contributed by atoms with Gasteiger partial charge in [-0.3, -0.25) is 4.79 Å². The fraction of sp³-hybridized carbons (Fsp3) is 0.222. The van der Waals surface area contributed by atoms with Gasteiger partial charge in [0.25, 0.3) is 5.91 Å². The van der Waals surface area contributed by atoms with Crippen molar-refractivity contribution in [2.24, 2.45) is 0 Å². The lowest BCUT2D eigenvalue weighted by Crippen LogP contribution is -2.28. The molecule has 0 aliphatic heterocycles. The maximum atomic E-state index is 12.5. The van der Waals surface area contributed by atoms with E-state index in [1.54, 1.807) is 18.2 Å². The number of amides is 1. The van der Waals surface area contributed by atoms with Crippen LogP contribution >= 0.6 is 11.6 Å². The molecule has 0 saturated carbocycles. The Morgan fingerprint density at radius 3 is 2.65 bits per heavy atom. The summed E-state index contributed by atoms with van der Waals surface area (Å²) >= 11 is 5.96. The van der Waals surface area contributed by atoms with Crippen LogP contribution in [0.1, 0.15) is 35.3 Å². The summed E-state index contributed by atoms with van der Waals surface area (Å²) in [5.74, 6) is -0.397. The van der Waals surface area contributed by atoms with Crippen LogP contribution in [0.5, 0.6) is 0 Å². The largest absolute Gasteiger partial charge is 0.346 e. The van der Waals surface area contributed by atoms with Crippen LogP contribution in [0, 0.1) is 11.3 Å². The van der Waals surface area contributed by atoms with Crippen molar-refractivity contribution in [1.29, 1.82) is 5.26 Å². The summed E-state index contributed by atoms with van der Waals surface area (Å²) in [6, 6.07) is 14.4. The van der Waals surface area contributed by atoms with Crippen molar-refractivity contribution in [3.05, 3.63) is 64.7 Å². The molecule has 6 nitrogen and oxygen atoms in total. The molecule has 0 aromatic heterocycles. The number of benzene rings is 2. The summed E-state index contributed by atoms with van der Waals surface area (Å²) in [4.78, 5) is 12.4. The summed E-state index contributed by atoms with van der Waals surface area (Å²) in [5.41, 5.74) is 1.06. The smallest absolute Gasteiger partial charge is 0.251 e. The van der Waals surface area contributed by atoms with Crippen LogP contribution in [0.4, 0.5) is 0 Å². The second kappa shape index (κ2) is 8.81. The first-order chi connectivity index (χ1) is 12.3. The predicted molar refractivity (Wildman–Crippen MR) is 99.2 cm³/mol. The Morgan fingerprint density at radius 1 is 1.23 bits per heavy atom. The summed E-state index contributed by atoms with van der Waals surface area (Å²) in [6.07, 6.45) is 0.0660. The van der Waals surface area contributed by atoms with Gasteiger partial charge in [-0.05, 0) is 42.8 Å². The first-order valence-electron chi connectivity index (χ1n) is 7.86. The highest BCUT2D eigenvalue weighted by molar-refractivity contribution is 7.89. The molecule has 26 heavy (non-hydrogen) atoms. The molecule has 1 amide bonds. The third-order valence-electron chi connectivity index (χ3n) is 3.63. The summed E-state index contributed by atoms with van der Waals surface area (Å²) in [6.45, 7) is 1.83. The highest BCUT2D eigenvalue weighted by Crippen LogP contribution is 2.18. The van der Waals surface area contributed by atoms with Crippen molar-refractivity contribution in [1.82, 2.24) is 10.0 Å². The topological polar surface area (TPSA) is 99.1 Å². The number of nitrogens with zero attached hydrogens (tertiary/aromatic N) is 1. The van der Waals surface area contributed by atoms with Gasteiger partial charge in [-0.2, -0.15) is 5.26 Å². The number of nitriles is 1. The molecular formula is C18H18ClN3O3S. The van der Waals surface area contributed by atoms with Crippen LogP contribution < -0.4 is 10.0 Å². The molecule has 2 aromatic carbocycles. The number of hydrogen-bond donors (Lipinski definition) is 2. The normalized spacial score (nSPS) is 12.2. The lowest BCUT2D eigenvalue weighted by molar-refractivity contribution is 0.0939. The lowest BCUT2D eigenvalue weighted by atomic mass is 10.1. The third-order valence-corrected chi connectivity index (χ3v) is 5.33. The molecule has 0 saturated heterocycles. The molecule has 1 unspecified atom stereocenters. The summed E-state index contributed by atoms with van der Waals surface area (Å²) in [5, 5.41) is 11.9. The van der Waals surface area contributed by atoms with Crippen molar-refractivity contribution >= 4 is 27.5 Å². The molecule has 0 aliphatic carbocycles. The van der Waals surface area contributed by atoms with Gasteiger partial charge < -0.3 is 5.32 Å². The number of carbonyl (C=O) groups is 1. The van der Waals surface area contributed by atoms with Gasteiger partial charge in [-0.25, -0.2) is 13.1 Å². The fourth-order valence-electron chi connectivity index (χ4n) is 2.27. The Hall–Kier alpha value is -2.40. The zero-order valence-electron chi connectivity index (χ0n) is 14.1. The number of nitrogens with one attached hydrogen (secondary N) is 2. The Bertz CT molecular complexity index is 939. The van der Waals surface area contributed by atoms with E-state index in [1.165, 1.54) is 24.3 Å². The summed E-state index contributed by atoms with van der Waals surface area (Å²) in [7, 11) is -3.77. The maximum absolute atomic E-state index is 12.5. The minimum Gasteiger partial charge on any atom is -0.346 e. The van der Waals surface area contributed by atoms with Gasteiger partial charge in [0.2, 0.25) is 10.0 Å². The van der Waals surface area contributed by atoms with E-state index in [1.807, 2.05) is 19.1 Å². The molecule has 0 bridgehead atoms. The molecule has 1 atom stereocenters. The molecule has 2 N–H and O–H groups in total. The van der Waals surface area contributed by atoms with Gasteiger partial charge in [-0.15, -0.1) is 0 Å². The molecule has 8 heteroatoms. The van der Waals surface area contributed by atoms with Crippen LogP contribution in [0.3, 0.4) is 0 Å². The van der Waals surface area contributed by atoms with Gasteiger partial charge in [0.1, 0.15) is 0 Å². The molecule has 2 aromatic rings. The first kappa shape index (κ1) is 19.9. The maximum Gasteiger partial charge on any atom is 0.251 e. The van der Waals surface area contributed by atoms with Crippen LogP contribution in [0.25, 0.3) is 0 Å². The molecule has 0 radical (unpaired) electrons. The molecular weight excluding hydrogens is 374 g/mol. The number of sulfonamides is 1. The quantitative estimate of drug-likeness (QED) is 0.708. The number of hydrogen-bond acceptors (Lipinski definition) is 4. The number of rotatable bonds is 7. The molecule has 0 spiro atoms. The first-order valence-corrected chi connectivity index (χ1v) is 9.72. The van der Waals surface area contributed by atoms with E-state index >= 15 is 0 Å². The average Bonchev–Trinajstić information content (AvgIpc) is 2.62. The lowest BCUT2D eigenvalue weighted by Gasteiger charge is -2.15. The number of halogens is 1. The molecule has 2 rings (SSSR count). The average molecular weight is 392 g/mol. The van der Waals surface area contributed by atoms with Crippen LogP contribution in [-0.2, 0) is 10.0 Å². The Morgan fingerprint density at radius 2 is 1.96 bits per heavy atom.